The molecule has 1 N–H and O–H groups in total. The summed E-state index contributed by atoms with van der Waals surface area (Å²) >= 11 is 3.49. The highest BCUT2D eigenvalue weighted by atomic mass is 79.9. The van der Waals surface area contributed by atoms with Crippen LogP contribution in [0, 0.1) is 6.92 Å². The van der Waals surface area contributed by atoms with E-state index in [2.05, 4.69) is 36.5 Å². The fourth-order valence-electron chi connectivity index (χ4n) is 2.83. The van der Waals surface area contributed by atoms with Crippen LogP contribution in [-0.2, 0) is 6.42 Å². The number of nitrogens with zero attached hydrogens (tertiary/aromatic N) is 5. The number of rotatable bonds is 1. The second-order valence-electron chi connectivity index (χ2n) is 5.40. The van der Waals surface area contributed by atoms with Gasteiger partial charge in [-0.25, -0.2) is 9.67 Å². The van der Waals surface area contributed by atoms with Crippen LogP contribution < -0.4 is 5.32 Å². The third-order valence-corrected chi connectivity index (χ3v) is 4.64. The molecule has 0 radical (unpaired) electrons. The number of aromatic nitrogens is 5. The predicted molar refractivity (Wildman–Crippen MR) is 87.1 cm³/mol. The Morgan fingerprint density at radius 2 is 2.13 bits per heavy atom. The van der Waals surface area contributed by atoms with Crippen molar-refractivity contribution >= 4 is 21.8 Å². The van der Waals surface area contributed by atoms with Gasteiger partial charge in [0.05, 0.1) is 22.8 Å². The summed E-state index contributed by atoms with van der Waals surface area (Å²) in [4.78, 5) is 16.5. The maximum atomic E-state index is 12.1. The quantitative estimate of drug-likeness (QED) is 0.552. The van der Waals surface area contributed by atoms with Crippen LogP contribution in [0.1, 0.15) is 27.4 Å². The van der Waals surface area contributed by atoms with E-state index in [-0.39, 0.29) is 5.91 Å². The average Bonchev–Trinajstić information content (AvgIpc) is 3.09. The second kappa shape index (κ2) is 5.02. The Bertz CT molecular complexity index is 942. The van der Waals surface area contributed by atoms with Crippen molar-refractivity contribution in [3.63, 3.8) is 0 Å². The van der Waals surface area contributed by atoms with Crippen LogP contribution in [0.15, 0.2) is 29.1 Å². The summed E-state index contributed by atoms with van der Waals surface area (Å²) in [5.41, 5.74) is 4.98. The molecular weight excluding hydrogens is 360 g/mol. The van der Waals surface area contributed by atoms with Crippen LogP contribution in [0.3, 0.4) is 0 Å². The zero-order chi connectivity index (χ0) is 16.1. The first kappa shape index (κ1) is 14.1. The largest absolute Gasteiger partial charge is 0.354 e. The molecule has 4 rings (SSSR count). The van der Waals surface area contributed by atoms with Gasteiger partial charge in [0.15, 0.2) is 5.69 Å². The van der Waals surface area contributed by atoms with Crippen LogP contribution in [0.2, 0.25) is 0 Å². The number of amides is 1. The van der Waals surface area contributed by atoms with E-state index in [1.807, 2.05) is 29.7 Å². The normalized spacial score (nSPS) is 12.1. The van der Waals surface area contributed by atoms with E-state index in [9.17, 15) is 4.79 Å². The van der Waals surface area contributed by atoms with E-state index < -0.39 is 0 Å². The van der Waals surface area contributed by atoms with Gasteiger partial charge in [-0.3, -0.25) is 9.36 Å². The molecule has 7 nitrogen and oxygen atoms in total. The lowest BCUT2D eigenvalue weighted by Crippen LogP contribution is -2.20. The molecule has 0 aliphatic carbocycles. The molecule has 1 aromatic carbocycles. The SMILES string of the molecule is CNC(=O)c1nnn2c1Cc1c(Br)ncn1-c1ccc(C)cc1-2. The number of hydrogen-bond donors (Lipinski definition) is 1. The lowest BCUT2D eigenvalue weighted by Gasteiger charge is -2.10. The minimum atomic E-state index is -0.246. The minimum Gasteiger partial charge on any atom is -0.354 e. The monoisotopic (exact) mass is 372 g/mol. The van der Waals surface area contributed by atoms with E-state index in [4.69, 9.17) is 0 Å². The Balaban J connectivity index is 2.07. The van der Waals surface area contributed by atoms with Crippen LogP contribution in [0.25, 0.3) is 11.4 Å². The molecule has 3 aromatic rings. The fourth-order valence-corrected chi connectivity index (χ4v) is 3.25. The van der Waals surface area contributed by atoms with E-state index in [1.165, 1.54) is 0 Å². The molecule has 0 fully saturated rings. The maximum Gasteiger partial charge on any atom is 0.273 e. The molecule has 23 heavy (non-hydrogen) atoms. The number of halogens is 1. The highest BCUT2D eigenvalue weighted by Crippen LogP contribution is 2.31. The molecule has 0 spiro atoms. The number of carbonyl (C=O) groups is 1. The van der Waals surface area contributed by atoms with Crippen LogP contribution in [0.4, 0.5) is 0 Å². The Labute approximate surface area is 140 Å². The molecular formula is C15H13BrN6O. The Morgan fingerprint density at radius 1 is 1.30 bits per heavy atom. The van der Waals surface area contributed by atoms with Gasteiger partial charge < -0.3 is 5.32 Å². The highest BCUT2D eigenvalue weighted by Gasteiger charge is 2.27. The molecule has 3 heterocycles. The number of nitrogens with one attached hydrogen (secondary N) is 1. The molecule has 2 aromatic heterocycles. The molecule has 1 aliphatic rings. The van der Waals surface area contributed by atoms with Gasteiger partial charge in [-0.05, 0) is 40.5 Å². The first-order valence-corrected chi connectivity index (χ1v) is 7.89. The summed E-state index contributed by atoms with van der Waals surface area (Å²) in [7, 11) is 1.59. The first-order chi connectivity index (χ1) is 11.1. The molecule has 1 amide bonds. The van der Waals surface area contributed by atoms with Crippen molar-refractivity contribution in [2.24, 2.45) is 0 Å². The van der Waals surface area contributed by atoms with Gasteiger partial charge in [-0.1, -0.05) is 11.3 Å². The second-order valence-corrected chi connectivity index (χ2v) is 6.15. The number of carbonyl (C=O) groups excluding carboxylic acids is 1. The summed E-state index contributed by atoms with van der Waals surface area (Å²) in [6.07, 6.45) is 2.27. The Hall–Kier alpha value is -2.48. The predicted octanol–water partition coefficient (Wildman–Crippen LogP) is 1.79. The van der Waals surface area contributed by atoms with Gasteiger partial charge in [0.1, 0.15) is 10.9 Å². The van der Waals surface area contributed by atoms with Gasteiger partial charge >= 0.3 is 0 Å². The fraction of sp³-hybridized carbons (Fsp3) is 0.200. The van der Waals surface area contributed by atoms with Gasteiger partial charge in [0.2, 0.25) is 0 Å². The molecule has 0 atom stereocenters. The smallest absolute Gasteiger partial charge is 0.273 e. The number of fused-ring (bicyclic) bond motifs is 5. The first-order valence-electron chi connectivity index (χ1n) is 7.10. The number of hydrogen-bond acceptors (Lipinski definition) is 4. The Morgan fingerprint density at radius 3 is 2.91 bits per heavy atom. The third-order valence-electron chi connectivity index (χ3n) is 3.97. The topological polar surface area (TPSA) is 77.6 Å². The molecule has 8 heteroatoms. The van der Waals surface area contributed by atoms with Crippen LogP contribution >= 0.6 is 15.9 Å². The summed E-state index contributed by atoms with van der Waals surface area (Å²) in [6.45, 7) is 2.02. The summed E-state index contributed by atoms with van der Waals surface area (Å²) in [6, 6.07) is 6.10. The molecule has 1 aliphatic heterocycles. The summed E-state index contributed by atoms with van der Waals surface area (Å²) in [5.74, 6) is -0.246. The molecule has 116 valence electrons. The van der Waals surface area contributed by atoms with Gasteiger partial charge in [-0.15, -0.1) is 5.10 Å². The zero-order valence-electron chi connectivity index (χ0n) is 12.5. The average molecular weight is 373 g/mol. The van der Waals surface area contributed by atoms with Crippen molar-refractivity contribution in [1.82, 2.24) is 29.9 Å². The lowest BCUT2D eigenvalue weighted by molar-refractivity contribution is 0.0957. The van der Waals surface area contributed by atoms with E-state index >= 15 is 0 Å². The van der Waals surface area contributed by atoms with E-state index in [0.717, 1.165) is 32.9 Å². The lowest BCUT2D eigenvalue weighted by atomic mass is 10.2. The van der Waals surface area contributed by atoms with Gasteiger partial charge in [0, 0.05) is 13.5 Å². The van der Waals surface area contributed by atoms with Crippen LogP contribution in [0.5, 0.6) is 0 Å². The van der Waals surface area contributed by atoms with Crippen molar-refractivity contribution in [3.05, 3.63) is 51.8 Å². The molecule has 0 saturated carbocycles. The summed E-state index contributed by atoms with van der Waals surface area (Å²) < 4.78 is 4.51. The van der Waals surface area contributed by atoms with Crippen molar-refractivity contribution < 1.29 is 4.79 Å². The number of imidazole rings is 1. The van der Waals surface area contributed by atoms with Crippen molar-refractivity contribution in [2.45, 2.75) is 13.3 Å². The minimum absolute atomic E-state index is 0.246. The number of aryl methyl sites for hydroxylation is 1. The number of benzene rings is 1. The van der Waals surface area contributed by atoms with Gasteiger partial charge in [-0.2, -0.15) is 0 Å². The molecule has 0 saturated heterocycles. The van der Waals surface area contributed by atoms with E-state index in [1.54, 1.807) is 18.1 Å². The van der Waals surface area contributed by atoms with Crippen molar-refractivity contribution in [2.75, 3.05) is 7.05 Å². The van der Waals surface area contributed by atoms with Crippen molar-refractivity contribution in [1.29, 1.82) is 0 Å². The third kappa shape index (κ3) is 2.02. The highest BCUT2D eigenvalue weighted by molar-refractivity contribution is 9.10. The van der Waals surface area contributed by atoms with E-state index in [0.29, 0.717) is 12.1 Å². The maximum absolute atomic E-state index is 12.1. The van der Waals surface area contributed by atoms with Crippen molar-refractivity contribution in [3.8, 4) is 11.4 Å². The van der Waals surface area contributed by atoms with Crippen LogP contribution in [-0.4, -0.2) is 37.5 Å². The van der Waals surface area contributed by atoms with Gasteiger partial charge in [0.25, 0.3) is 5.91 Å². The summed E-state index contributed by atoms with van der Waals surface area (Å²) in [5, 5.41) is 10.9. The molecule has 0 bridgehead atoms. The Kier molecular flexibility index (Phi) is 3.08. The zero-order valence-corrected chi connectivity index (χ0v) is 14.1. The standard InChI is InChI=1S/C15H13BrN6O/c1-8-3-4-9-10(5-8)22-11(13(19-20-22)15(23)17-2)6-12-14(16)18-7-21(9)12/h3-5,7H,6H2,1-2H3,(H,17,23). The molecule has 0 unspecified atom stereocenters.